The lowest BCUT2D eigenvalue weighted by Gasteiger charge is -2.24. The lowest BCUT2D eigenvalue weighted by Crippen LogP contribution is -2.31. The number of thiazole rings is 2. The van der Waals surface area contributed by atoms with Gasteiger partial charge in [-0.2, -0.15) is 0 Å². The summed E-state index contributed by atoms with van der Waals surface area (Å²) in [7, 11) is 0. The summed E-state index contributed by atoms with van der Waals surface area (Å²) >= 11 is 2.21. The second kappa shape index (κ2) is 7.95. The van der Waals surface area contributed by atoms with E-state index in [1.54, 1.807) is 32.9 Å². The van der Waals surface area contributed by atoms with Crippen molar-refractivity contribution in [3.8, 4) is 5.75 Å². The highest BCUT2D eigenvalue weighted by Crippen LogP contribution is 2.44. The predicted octanol–water partition coefficient (Wildman–Crippen LogP) is 4.22. The highest BCUT2D eigenvalue weighted by atomic mass is 32.1. The summed E-state index contributed by atoms with van der Waals surface area (Å²) in [5.74, 6) is -2.13. The van der Waals surface area contributed by atoms with E-state index in [0.717, 1.165) is 11.3 Å². The van der Waals surface area contributed by atoms with E-state index >= 15 is 0 Å². The Morgan fingerprint density at radius 2 is 1.59 bits per heavy atom. The van der Waals surface area contributed by atoms with Crippen molar-refractivity contribution >= 4 is 45.3 Å². The third-order valence-corrected chi connectivity index (χ3v) is 7.41. The van der Waals surface area contributed by atoms with Crippen LogP contribution in [0.4, 0.5) is 5.13 Å². The maximum atomic E-state index is 13.5. The summed E-state index contributed by atoms with van der Waals surface area (Å²) in [6.45, 7) is 6.54. The number of aliphatic hydroxyl groups excluding tert-OH is 1. The number of rotatable bonds is 5. The van der Waals surface area contributed by atoms with E-state index in [9.17, 15) is 24.6 Å². The summed E-state index contributed by atoms with van der Waals surface area (Å²) in [5, 5.41) is 21.4. The number of aromatic hydroxyl groups is 1. The van der Waals surface area contributed by atoms with Crippen LogP contribution in [0.3, 0.4) is 0 Å². The number of phenols is 1. The second-order valence-corrected chi connectivity index (χ2v) is 9.56. The lowest BCUT2D eigenvalue weighted by molar-refractivity contribution is -0.117. The number of aromatic nitrogens is 2. The van der Waals surface area contributed by atoms with Crippen LogP contribution in [0.2, 0.25) is 0 Å². The molecule has 32 heavy (non-hydrogen) atoms. The Labute approximate surface area is 191 Å². The molecule has 2 aromatic heterocycles. The number of hydrogen-bond donors (Lipinski definition) is 2. The zero-order valence-electron chi connectivity index (χ0n) is 17.7. The zero-order chi connectivity index (χ0) is 23.3. The van der Waals surface area contributed by atoms with Gasteiger partial charge in [0.25, 0.3) is 5.91 Å². The Kier molecular flexibility index (Phi) is 5.43. The number of carbonyl (C=O) groups excluding carboxylic acids is 3. The summed E-state index contributed by atoms with van der Waals surface area (Å²) in [6, 6.07) is 5.03. The predicted molar refractivity (Wildman–Crippen MR) is 121 cm³/mol. The van der Waals surface area contributed by atoms with Crippen LogP contribution in [0.15, 0.2) is 35.6 Å². The quantitative estimate of drug-likeness (QED) is 0.537. The average molecular weight is 470 g/mol. The molecule has 3 aromatic rings. The molecule has 1 unspecified atom stereocenters. The molecule has 3 heterocycles. The monoisotopic (exact) mass is 469 g/mol. The fraction of sp³-hybridized carbons (Fsp3) is 0.227. The molecule has 0 radical (unpaired) electrons. The number of ketones is 2. The Hall–Kier alpha value is -3.37. The molecule has 0 fully saturated rings. The fourth-order valence-electron chi connectivity index (χ4n) is 3.68. The lowest BCUT2D eigenvalue weighted by atomic mass is 9.95. The largest absolute Gasteiger partial charge is 0.508 e. The van der Waals surface area contributed by atoms with E-state index in [1.807, 2.05) is 0 Å². The van der Waals surface area contributed by atoms with Crippen molar-refractivity contribution in [3.63, 3.8) is 0 Å². The van der Waals surface area contributed by atoms with Gasteiger partial charge in [0.15, 0.2) is 16.7 Å². The van der Waals surface area contributed by atoms with E-state index in [0.29, 0.717) is 31.7 Å². The van der Waals surface area contributed by atoms with Crippen molar-refractivity contribution in [2.45, 2.75) is 33.7 Å². The minimum Gasteiger partial charge on any atom is -0.508 e. The van der Waals surface area contributed by atoms with Gasteiger partial charge in [0, 0.05) is 6.92 Å². The van der Waals surface area contributed by atoms with Crippen LogP contribution in [0, 0.1) is 20.8 Å². The van der Waals surface area contributed by atoms with Crippen LogP contribution < -0.4 is 4.90 Å². The number of aliphatic hydroxyl groups is 1. The molecule has 1 aliphatic heterocycles. The molecule has 10 heteroatoms. The van der Waals surface area contributed by atoms with Crippen molar-refractivity contribution < 1.29 is 24.6 Å². The van der Waals surface area contributed by atoms with Crippen molar-refractivity contribution in [3.05, 3.63) is 67.3 Å². The first-order chi connectivity index (χ1) is 15.1. The summed E-state index contributed by atoms with van der Waals surface area (Å²) in [6.07, 6.45) is 0. The highest BCUT2D eigenvalue weighted by Gasteiger charge is 2.46. The van der Waals surface area contributed by atoms with Crippen LogP contribution in [-0.4, -0.2) is 37.7 Å². The molecule has 0 saturated carbocycles. The van der Waals surface area contributed by atoms with Crippen molar-refractivity contribution in [2.24, 2.45) is 0 Å². The molecule has 1 amide bonds. The van der Waals surface area contributed by atoms with Gasteiger partial charge in [-0.1, -0.05) is 23.5 Å². The number of benzene rings is 1. The molecule has 164 valence electrons. The number of nitrogens with zero attached hydrogens (tertiary/aromatic N) is 3. The van der Waals surface area contributed by atoms with Crippen molar-refractivity contribution in [2.75, 3.05) is 4.90 Å². The number of amides is 1. The van der Waals surface area contributed by atoms with Gasteiger partial charge >= 0.3 is 0 Å². The van der Waals surface area contributed by atoms with E-state index in [2.05, 4.69) is 9.97 Å². The van der Waals surface area contributed by atoms with Gasteiger partial charge in [-0.25, -0.2) is 9.97 Å². The van der Waals surface area contributed by atoms with Gasteiger partial charge in [-0.15, -0.1) is 11.3 Å². The van der Waals surface area contributed by atoms with Crippen LogP contribution in [0.1, 0.15) is 54.3 Å². The third-order valence-electron chi connectivity index (χ3n) is 5.08. The standard InChI is InChI=1S/C22H19N3O5S2/c1-9-19(11(3)26)32-22(24-9)25-16(13-5-7-14(27)8-6-13)15(18(29)21(25)30)17(28)20-10(2)23-12(4)31-20/h5-8,16,27,29H,1-4H3. The van der Waals surface area contributed by atoms with Crippen molar-refractivity contribution in [1.29, 1.82) is 0 Å². The maximum Gasteiger partial charge on any atom is 0.296 e. The number of anilines is 1. The number of aryl methyl sites for hydroxylation is 3. The molecule has 4 rings (SSSR count). The molecule has 0 aliphatic carbocycles. The normalized spacial score (nSPS) is 16.2. The van der Waals surface area contributed by atoms with Gasteiger partial charge in [0.2, 0.25) is 5.78 Å². The van der Waals surface area contributed by atoms with Gasteiger partial charge in [0.1, 0.15) is 5.75 Å². The first kappa shape index (κ1) is 21.8. The van der Waals surface area contributed by atoms with Crippen LogP contribution in [0.25, 0.3) is 0 Å². The first-order valence-electron chi connectivity index (χ1n) is 9.62. The molecule has 8 nitrogen and oxygen atoms in total. The highest BCUT2D eigenvalue weighted by molar-refractivity contribution is 7.17. The van der Waals surface area contributed by atoms with Crippen LogP contribution >= 0.6 is 22.7 Å². The molecule has 1 aromatic carbocycles. The summed E-state index contributed by atoms with van der Waals surface area (Å²) < 4.78 is 0. The Morgan fingerprint density at radius 1 is 0.969 bits per heavy atom. The Balaban J connectivity index is 1.90. The molecule has 0 saturated heterocycles. The van der Waals surface area contributed by atoms with Crippen LogP contribution in [-0.2, 0) is 4.79 Å². The second-order valence-electron chi connectivity index (χ2n) is 7.38. The molecular weight excluding hydrogens is 450 g/mol. The average Bonchev–Trinajstić information content (AvgIpc) is 3.36. The van der Waals surface area contributed by atoms with E-state index in [4.69, 9.17) is 0 Å². The molecule has 1 aliphatic rings. The SMILES string of the molecule is CC(=O)c1sc(N2C(=O)C(O)=C(C(=O)c3sc(C)nc3C)C2c2ccc(O)cc2)nc1C. The Bertz CT molecular complexity index is 1300. The number of Topliss-reactive ketones (excluding diaryl/α,β-unsaturated/α-hetero) is 2. The minimum absolute atomic E-state index is 0.0172. The van der Waals surface area contributed by atoms with E-state index < -0.39 is 23.5 Å². The summed E-state index contributed by atoms with van der Waals surface area (Å²) in [4.78, 5) is 49.2. The smallest absolute Gasteiger partial charge is 0.296 e. The van der Waals surface area contributed by atoms with Gasteiger partial charge < -0.3 is 10.2 Å². The van der Waals surface area contributed by atoms with Gasteiger partial charge in [0.05, 0.1) is 37.8 Å². The van der Waals surface area contributed by atoms with Gasteiger partial charge in [-0.3, -0.25) is 19.3 Å². The van der Waals surface area contributed by atoms with E-state index in [1.165, 1.54) is 35.3 Å². The molecule has 0 bridgehead atoms. The minimum atomic E-state index is -0.984. The molecular formula is C22H19N3O5S2. The molecule has 2 N–H and O–H groups in total. The van der Waals surface area contributed by atoms with Crippen LogP contribution in [0.5, 0.6) is 5.75 Å². The topological polar surface area (TPSA) is 121 Å². The zero-order valence-corrected chi connectivity index (χ0v) is 19.3. The van der Waals surface area contributed by atoms with Gasteiger partial charge in [-0.05, 0) is 38.5 Å². The number of phenolic OH excluding ortho intramolecular Hbond substituents is 1. The number of carbonyl (C=O) groups is 3. The van der Waals surface area contributed by atoms with E-state index in [-0.39, 0.29) is 22.2 Å². The first-order valence-corrected chi connectivity index (χ1v) is 11.3. The maximum absolute atomic E-state index is 13.5. The Morgan fingerprint density at radius 3 is 2.12 bits per heavy atom. The number of hydrogen-bond acceptors (Lipinski definition) is 9. The molecule has 0 spiro atoms. The van der Waals surface area contributed by atoms with Crippen molar-refractivity contribution in [1.82, 2.24) is 9.97 Å². The summed E-state index contributed by atoms with van der Waals surface area (Å²) in [5.41, 5.74) is 1.38. The molecule has 1 atom stereocenters. The fourth-order valence-corrected chi connectivity index (χ4v) is 5.55. The third kappa shape index (κ3) is 3.51.